The number of ether oxygens (including phenoxy) is 2. The number of hydrogen-bond donors (Lipinski definition) is 1. The van der Waals surface area contributed by atoms with Crippen LogP contribution in [0.2, 0.25) is 0 Å². The standard InChI is InChI=1S/C14H23NO3/c1-17-10-5-8-15(9-11-18-2)14-7-4-3-6-13(14)12-16/h3-4,6-7,16H,5,8-12H2,1-2H3. The zero-order valence-corrected chi connectivity index (χ0v) is 11.3. The van der Waals surface area contributed by atoms with E-state index in [-0.39, 0.29) is 6.61 Å². The van der Waals surface area contributed by atoms with E-state index >= 15 is 0 Å². The van der Waals surface area contributed by atoms with Crippen molar-refractivity contribution in [3.05, 3.63) is 29.8 Å². The summed E-state index contributed by atoms with van der Waals surface area (Å²) < 4.78 is 10.2. The van der Waals surface area contributed by atoms with Gasteiger partial charge in [0.2, 0.25) is 0 Å². The van der Waals surface area contributed by atoms with Gasteiger partial charge in [0.15, 0.2) is 0 Å². The van der Waals surface area contributed by atoms with Crippen LogP contribution in [-0.4, -0.2) is 45.6 Å². The summed E-state index contributed by atoms with van der Waals surface area (Å²) in [4.78, 5) is 2.23. The first kappa shape index (κ1) is 15.0. The van der Waals surface area contributed by atoms with Crippen molar-refractivity contribution in [1.29, 1.82) is 0 Å². The molecule has 0 saturated heterocycles. The molecule has 4 nitrogen and oxygen atoms in total. The van der Waals surface area contributed by atoms with Gasteiger partial charge in [-0.15, -0.1) is 0 Å². The van der Waals surface area contributed by atoms with Crippen molar-refractivity contribution >= 4 is 5.69 Å². The Morgan fingerprint density at radius 2 is 1.78 bits per heavy atom. The summed E-state index contributed by atoms with van der Waals surface area (Å²) in [5.41, 5.74) is 2.03. The van der Waals surface area contributed by atoms with Crippen molar-refractivity contribution in [3.8, 4) is 0 Å². The molecule has 0 saturated carbocycles. The highest BCUT2D eigenvalue weighted by atomic mass is 16.5. The van der Waals surface area contributed by atoms with Crippen molar-refractivity contribution in [2.45, 2.75) is 13.0 Å². The van der Waals surface area contributed by atoms with Gasteiger partial charge in [-0.05, 0) is 12.5 Å². The zero-order valence-electron chi connectivity index (χ0n) is 11.3. The van der Waals surface area contributed by atoms with E-state index in [1.54, 1.807) is 14.2 Å². The number of anilines is 1. The van der Waals surface area contributed by atoms with Gasteiger partial charge < -0.3 is 19.5 Å². The second kappa shape index (κ2) is 8.91. The van der Waals surface area contributed by atoms with Crippen LogP contribution in [0.25, 0.3) is 0 Å². The van der Waals surface area contributed by atoms with Crippen LogP contribution in [0.3, 0.4) is 0 Å². The van der Waals surface area contributed by atoms with E-state index in [4.69, 9.17) is 9.47 Å². The predicted octanol–water partition coefficient (Wildman–Crippen LogP) is 1.67. The molecule has 0 aliphatic heterocycles. The van der Waals surface area contributed by atoms with Crippen molar-refractivity contribution in [2.75, 3.05) is 45.4 Å². The molecular weight excluding hydrogens is 230 g/mol. The number of para-hydroxylation sites is 1. The van der Waals surface area contributed by atoms with Crippen LogP contribution in [0.5, 0.6) is 0 Å². The summed E-state index contributed by atoms with van der Waals surface area (Å²) in [7, 11) is 3.41. The van der Waals surface area contributed by atoms with Crippen LogP contribution in [0, 0.1) is 0 Å². The van der Waals surface area contributed by atoms with E-state index in [0.717, 1.165) is 37.4 Å². The minimum absolute atomic E-state index is 0.0595. The molecule has 4 heteroatoms. The first-order valence-electron chi connectivity index (χ1n) is 6.25. The molecule has 0 amide bonds. The maximum atomic E-state index is 9.38. The van der Waals surface area contributed by atoms with Crippen molar-refractivity contribution in [3.63, 3.8) is 0 Å². The van der Waals surface area contributed by atoms with E-state index in [9.17, 15) is 5.11 Å². The van der Waals surface area contributed by atoms with Gasteiger partial charge in [-0.2, -0.15) is 0 Å². The van der Waals surface area contributed by atoms with E-state index in [2.05, 4.69) is 4.90 Å². The normalized spacial score (nSPS) is 10.6. The molecule has 0 aliphatic carbocycles. The van der Waals surface area contributed by atoms with Crippen molar-refractivity contribution < 1.29 is 14.6 Å². The third-order valence-corrected chi connectivity index (χ3v) is 2.84. The Morgan fingerprint density at radius 1 is 1.06 bits per heavy atom. The van der Waals surface area contributed by atoms with E-state index in [1.165, 1.54) is 0 Å². The molecule has 0 spiro atoms. The van der Waals surface area contributed by atoms with Crippen LogP contribution in [0.15, 0.2) is 24.3 Å². The minimum Gasteiger partial charge on any atom is -0.392 e. The predicted molar refractivity (Wildman–Crippen MR) is 72.9 cm³/mol. The van der Waals surface area contributed by atoms with Crippen LogP contribution < -0.4 is 4.90 Å². The highest BCUT2D eigenvalue weighted by Gasteiger charge is 2.09. The number of nitrogens with zero attached hydrogens (tertiary/aromatic N) is 1. The van der Waals surface area contributed by atoms with Gasteiger partial charge in [-0.3, -0.25) is 0 Å². The lowest BCUT2D eigenvalue weighted by molar-refractivity contribution is 0.191. The van der Waals surface area contributed by atoms with Gasteiger partial charge >= 0.3 is 0 Å². The molecule has 0 heterocycles. The average molecular weight is 253 g/mol. The lowest BCUT2D eigenvalue weighted by atomic mass is 10.1. The molecule has 0 aromatic heterocycles. The Bertz CT molecular complexity index is 331. The third kappa shape index (κ3) is 4.64. The van der Waals surface area contributed by atoms with Crippen LogP contribution in [0.1, 0.15) is 12.0 Å². The van der Waals surface area contributed by atoms with Crippen molar-refractivity contribution in [2.24, 2.45) is 0 Å². The SMILES string of the molecule is COCCCN(CCOC)c1ccccc1CO. The first-order chi connectivity index (χ1) is 8.83. The topological polar surface area (TPSA) is 41.9 Å². The fourth-order valence-electron chi connectivity index (χ4n) is 1.91. The van der Waals surface area contributed by atoms with Gasteiger partial charge in [-0.25, -0.2) is 0 Å². The quantitative estimate of drug-likeness (QED) is 0.680. The van der Waals surface area contributed by atoms with Gasteiger partial charge in [0.1, 0.15) is 0 Å². The summed E-state index contributed by atoms with van der Waals surface area (Å²) in [6.45, 7) is 3.19. The maximum absolute atomic E-state index is 9.38. The Hall–Kier alpha value is -1.10. The smallest absolute Gasteiger partial charge is 0.0702 e. The van der Waals surface area contributed by atoms with E-state index < -0.39 is 0 Å². The molecule has 0 atom stereocenters. The Balaban J connectivity index is 2.72. The molecule has 1 rings (SSSR count). The summed E-state index contributed by atoms with van der Waals surface area (Å²) in [5.74, 6) is 0. The lowest BCUT2D eigenvalue weighted by Crippen LogP contribution is -2.29. The lowest BCUT2D eigenvalue weighted by Gasteiger charge is -2.26. The fourth-order valence-corrected chi connectivity index (χ4v) is 1.91. The summed E-state index contributed by atoms with van der Waals surface area (Å²) in [6, 6.07) is 7.92. The number of rotatable bonds is 9. The van der Waals surface area contributed by atoms with Gasteiger partial charge in [0.05, 0.1) is 13.2 Å². The Labute approximate surface area is 109 Å². The highest BCUT2D eigenvalue weighted by Crippen LogP contribution is 2.20. The molecule has 102 valence electrons. The number of hydrogen-bond acceptors (Lipinski definition) is 4. The number of aliphatic hydroxyl groups excluding tert-OH is 1. The molecule has 0 unspecified atom stereocenters. The molecule has 0 bridgehead atoms. The van der Waals surface area contributed by atoms with Crippen LogP contribution in [0.4, 0.5) is 5.69 Å². The second-order valence-corrected chi connectivity index (χ2v) is 4.11. The molecule has 0 radical (unpaired) electrons. The highest BCUT2D eigenvalue weighted by molar-refractivity contribution is 5.53. The van der Waals surface area contributed by atoms with Crippen LogP contribution in [-0.2, 0) is 16.1 Å². The van der Waals surface area contributed by atoms with E-state index in [1.807, 2.05) is 24.3 Å². The average Bonchev–Trinajstić information content (AvgIpc) is 2.42. The van der Waals surface area contributed by atoms with E-state index in [0.29, 0.717) is 6.61 Å². The van der Waals surface area contributed by atoms with Gasteiger partial charge in [-0.1, -0.05) is 18.2 Å². The molecular formula is C14H23NO3. The number of benzene rings is 1. The molecule has 1 aromatic rings. The monoisotopic (exact) mass is 253 g/mol. The molecule has 1 N–H and O–H groups in total. The summed E-state index contributed by atoms with van der Waals surface area (Å²) >= 11 is 0. The molecule has 18 heavy (non-hydrogen) atoms. The summed E-state index contributed by atoms with van der Waals surface area (Å²) in [6.07, 6.45) is 0.958. The second-order valence-electron chi connectivity index (χ2n) is 4.11. The van der Waals surface area contributed by atoms with Crippen LogP contribution >= 0.6 is 0 Å². The zero-order chi connectivity index (χ0) is 13.2. The summed E-state index contributed by atoms with van der Waals surface area (Å²) in [5, 5.41) is 9.38. The Kier molecular flexibility index (Phi) is 7.41. The largest absolute Gasteiger partial charge is 0.392 e. The molecule has 0 aliphatic rings. The molecule has 1 aromatic carbocycles. The number of aliphatic hydroxyl groups is 1. The number of methoxy groups -OCH3 is 2. The van der Waals surface area contributed by atoms with Gasteiger partial charge in [0.25, 0.3) is 0 Å². The minimum atomic E-state index is 0.0595. The van der Waals surface area contributed by atoms with Gasteiger partial charge in [0, 0.05) is 45.2 Å². The third-order valence-electron chi connectivity index (χ3n) is 2.84. The first-order valence-corrected chi connectivity index (χ1v) is 6.25. The fraction of sp³-hybridized carbons (Fsp3) is 0.571. The Morgan fingerprint density at radius 3 is 2.44 bits per heavy atom. The molecule has 0 fully saturated rings. The van der Waals surface area contributed by atoms with Crippen molar-refractivity contribution in [1.82, 2.24) is 0 Å². The maximum Gasteiger partial charge on any atom is 0.0702 e.